The number of pyridine rings is 1. The molecule has 0 aliphatic rings. The van der Waals surface area contributed by atoms with Crippen LogP contribution in [0.2, 0.25) is 0 Å². The van der Waals surface area contributed by atoms with Crippen molar-refractivity contribution < 1.29 is 23.9 Å². The van der Waals surface area contributed by atoms with E-state index in [-0.39, 0.29) is 41.3 Å². The first-order valence-corrected chi connectivity index (χ1v) is 16.7. The second-order valence-corrected chi connectivity index (χ2v) is 12.9. The van der Waals surface area contributed by atoms with Gasteiger partial charge in [-0.25, -0.2) is 0 Å². The highest BCUT2D eigenvalue weighted by atomic mass is 16.5. The summed E-state index contributed by atoms with van der Waals surface area (Å²) in [7, 11) is 0. The molecule has 0 bridgehead atoms. The Labute approximate surface area is 275 Å². The summed E-state index contributed by atoms with van der Waals surface area (Å²) < 4.78 is 0.527. The van der Waals surface area contributed by atoms with E-state index in [0.717, 1.165) is 6.20 Å². The van der Waals surface area contributed by atoms with Crippen molar-refractivity contribution >= 4 is 23.6 Å². The standard InChI is InChI=1S/C34H59N7O5/c1-11-15-28(39-34(45)30(23(8)12-2)40-31(42)26-16-14-17-41(46)20-26)32(43)38-27(18-21(4)5)19-36-24(9)25(10)37-29(22(6)7)33(44)35-13-3/h14,16-17,20-24,27-30,36-37H,10-13,15,18-19H2,1-9H3,(H,35,44)(H,38,43)(H,39,45)(H,40,42)/t23-,24-,27-,28-,29-,30-/m0/s1. The quantitative estimate of drug-likeness (QED) is 0.0883. The van der Waals surface area contributed by atoms with E-state index in [9.17, 15) is 24.4 Å². The molecule has 260 valence electrons. The van der Waals surface area contributed by atoms with E-state index in [4.69, 9.17) is 0 Å². The van der Waals surface area contributed by atoms with Crippen molar-refractivity contribution in [3.63, 3.8) is 0 Å². The number of carbonyl (C=O) groups is 4. The van der Waals surface area contributed by atoms with Gasteiger partial charge >= 0.3 is 0 Å². The molecule has 0 aliphatic carbocycles. The number of hydrogen-bond acceptors (Lipinski definition) is 7. The van der Waals surface area contributed by atoms with Crippen LogP contribution in [0.25, 0.3) is 0 Å². The molecule has 12 nitrogen and oxygen atoms in total. The summed E-state index contributed by atoms with van der Waals surface area (Å²) in [5.74, 6) is -1.24. The Balaban J connectivity index is 2.98. The summed E-state index contributed by atoms with van der Waals surface area (Å²) in [6.45, 7) is 22.8. The van der Waals surface area contributed by atoms with E-state index in [1.165, 1.54) is 18.3 Å². The maximum Gasteiger partial charge on any atom is 0.258 e. The lowest BCUT2D eigenvalue weighted by molar-refractivity contribution is -0.605. The molecule has 4 amide bonds. The van der Waals surface area contributed by atoms with E-state index in [2.05, 4.69) is 52.3 Å². The third-order valence-electron chi connectivity index (χ3n) is 7.97. The zero-order chi connectivity index (χ0) is 35.0. The van der Waals surface area contributed by atoms with Crippen LogP contribution in [0.1, 0.15) is 98.4 Å². The monoisotopic (exact) mass is 645 g/mol. The molecule has 0 radical (unpaired) electrons. The second kappa shape index (κ2) is 20.5. The van der Waals surface area contributed by atoms with Crippen molar-refractivity contribution in [1.82, 2.24) is 31.9 Å². The maximum atomic E-state index is 13.6. The van der Waals surface area contributed by atoms with E-state index in [1.54, 1.807) is 0 Å². The Morgan fingerprint density at radius 3 is 2.11 bits per heavy atom. The molecule has 1 aromatic rings. The van der Waals surface area contributed by atoms with Gasteiger partial charge in [0.2, 0.25) is 17.7 Å². The number of hydrogen-bond donors (Lipinski definition) is 6. The molecule has 6 N–H and O–H groups in total. The normalized spacial score (nSPS) is 15.2. The molecule has 0 aromatic carbocycles. The third-order valence-corrected chi connectivity index (χ3v) is 7.97. The zero-order valence-corrected chi connectivity index (χ0v) is 29.4. The fourth-order valence-electron chi connectivity index (χ4n) is 4.98. The molecule has 6 atom stereocenters. The van der Waals surface area contributed by atoms with Gasteiger partial charge in [0, 0.05) is 36.9 Å². The lowest BCUT2D eigenvalue weighted by Crippen LogP contribution is -2.57. The molecule has 0 aliphatic heterocycles. The van der Waals surface area contributed by atoms with Crippen molar-refractivity contribution in [3.8, 4) is 0 Å². The average Bonchev–Trinajstić information content (AvgIpc) is 2.99. The molecule has 0 saturated carbocycles. The fourth-order valence-corrected chi connectivity index (χ4v) is 4.98. The topological polar surface area (TPSA) is 167 Å². The first-order chi connectivity index (χ1) is 21.6. The molecule has 46 heavy (non-hydrogen) atoms. The van der Waals surface area contributed by atoms with E-state index < -0.39 is 29.9 Å². The van der Waals surface area contributed by atoms with Crippen LogP contribution >= 0.6 is 0 Å². The van der Waals surface area contributed by atoms with Gasteiger partial charge in [-0.3, -0.25) is 19.2 Å². The van der Waals surface area contributed by atoms with Gasteiger partial charge in [0.05, 0.1) is 0 Å². The number of nitrogens with zero attached hydrogens (tertiary/aromatic N) is 1. The lowest BCUT2D eigenvalue weighted by Gasteiger charge is -2.30. The molecule has 0 unspecified atom stereocenters. The van der Waals surface area contributed by atoms with Crippen LogP contribution in [-0.2, 0) is 14.4 Å². The van der Waals surface area contributed by atoms with Gasteiger partial charge in [-0.05, 0) is 50.5 Å². The average molecular weight is 646 g/mol. The first-order valence-electron chi connectivity index (χ1n) is 16.7. The maximum absolute atomic E-state index is 13.6. The van der Waals surface area contributed by atoms with E-state index in [1.807, 2.05) is 48.5 Å². The molecule has 1 heterocycles. The fraction of sp³-hybridized carbons (Fsp3) is 0.676. The Morgan fingerprint density at radius 2 is 1.57 bits per heavy atom. The van der Waals surface area contributed by atoms with Crippen molar-refractivity contribution in [2.75, 3.05) is 13.1 Å². The summed E-state index contributed by atoms with van der Waals surface area (Å²) in [6, 6.07) is 0.441. The van der Waals surface area contributed by atoms with Gasteiger partial charge in [-0.2, -0.15) is 4.73 Å². The van der Waals surface area contributed by atoms with Gasteiger partial charge in [0.25, 0.3) is 5.91 Å². The SMILES string of the molecule is C=C(N[C@H](C(=O)NCC)C(C)C)[C@H](C)NC[C@H](CC(C)C)NC(=O)[C@H](CCC)NC(=O)[C@@H](NC(=O)c1ccc[n+]([O-])c1)[C@@H](C)CC. The predicted molar refractivity (Wildman–Crippen MR) is 181 cm³/mol. The van der Waals surface area contributed by atoms with E-state index >= 15 is 0 Å². The minimum atomic E-state index is -0.897. The van der Waals surface area contributed by atoms with Crippen LogP contribution in [0.5, 0.6) is 0 Å². The molecule has 0 saturated heterocycles. The van der Waals surface area contributed by atoms with Crippen LogP contribution in [0.3, 0.4) is 0 Å². The smallest absolute Gasteiger partial charge is 0.258 e. The highest BCUT2D eigenvalue weighted by Crippen LogP contribution is 2.12. The van der Waals surface area contributed by atoms with Gasteiger partial charge in [0.1, 0.15) is 23.7 Å². The van der Waals surface area contributed by atoms with Crippen molar-refractivity contribution in [2.24, 2.45) is 17.8 Å². The number of carbonyl (C=O) groups excluding carboxylic acids is 4. The zero-order valence-electron chi connectivity index (χ0n) is 29.4. The summed E-state index contributed by atoms with van der Waals surface area (Å²) in [5.41, 5.74) is 0.816. The van der Waals surface area contributed by atoms with Crippen LogP contribution in [0.4, 0.5) is 0 Å². The largest absolute Gasteiger partial charge is 0.619 e. The molecule has 12 heteroatoms. The van der Waals surface area contributed by atoms with E-state index in [0.29, 0.717) is 55.1 Å². The number of rotatable bonds is 21. The summed E-state index contributed by atoms with van der Waals surface area (Å²) in [5, 5.41) is 30.0. The lowest BCUT2D eigenvalue weighted by atomic mass is 9.97. The van der Waals surface area contributed by atoms with Crippen LogP contribution in [0.15, 0.2) is 36.8 Å². The Hall–Kier alpha value is -3.67. The molecule has 0 fully saturated rings. The van der Waals surface area contributed by atoms with Gasteiger partial charge in [-0.1, -0.05) is 67.9 Å². The highest BCUT2D eigenvalue weighted by molar-refractivity contribution is 5.98. The van der Waals surface area contributed by atoms with Crippen molar-refractivity contribution in [1.29, 1.82) is 0 Å². The summed E-state index contributed by atoms with van der Waals surface area (Å²) in [6.07, 6.45) is 4.81. The van der Waals surface area contributed by atoms with Gasteiger partial charge in [-0.15, -0.1) is 0 Å². The molecular weight excluding hydrogens is 586 g/mol. The van der Waals surface area contributed by atoms with Gasteiger partial charge < -0.3 is 37.1 Å². The van der Waals surface area contributed by atoms with Gasteiger partial charge in [0.15, 0.2) is 12.4 Å². The number of likely N-dealkylation sites (N-methyl/N-ethyl adjacent to an activating group) is 1. The van der Waals surface area contributed by atoms with Crippen LogP contribution < -0.4 is 36.6 Å². The number of nitrogens with one attached hydrogen (secondary N) is 6. The van der Waals surface area contributed by atoms with Crippen molar-refractivity contribution in [2.45, 2.75) is 118 Å². The minimum absolute atomic E-state index is 0.0606. The van der Waals surface area contributed by atoms with Crippen molar-refractivity contribution in [3.05, 3.63) is 47.6 Å². The third kappa shape index (κ3) is 13.8. The molecule has 0 spiro atoms. The number of amides is 4. The molecule has 1 rings (SSSR count). The van der Waals surface area contributed by atoms with Crippen LogP contribution in [-0.4, -0.2) is 66.9 Å². The second-order valence-electron chi connectivity index (χ2n) is 12.9. The highest BCUT2D eigenvalue weighted by Gasteiger charge is 2.31. The predicted octanol–water partition coefficient (Wildman–Crippen LogP) is 2.52. The first kappa shape index (κ1) is 40.4. The number of aromatic nitrogens is 1. The minimum Gasteiger partial charge on any atom is -0.619 e. The summed E-state index contributed by atoms with van der Waals surface area (Å²) in [4.78, 5) is 52.5. The van der Waals surface area contributed by atoms with Crippen LogP contribution in [0, 0.1) is 23.0 Å². The Bertz CT molecular complexity index is 1140. The summed E-state index contributed by atoms with van der Waals surface area (Å²) >= 11 is 0. The Kier molecular flexibility index (Phi) is 17.9. The Morgan fingerprint density at radius 1 is 0.891 bits per heavy atom. The molecular formula is C34H59N7O5. The molecule has 1 aromatic heterocycles.